The van der Waals surface area contributed by atoms with Gasteiger partial charge in [-0.25, -0.2) is 14.4 Å². The molecule has 6 fully saturated rings. The van der Waals surface area contributed by atoms with Gasteiger partial charge in [-0.15, -0.1) is 0 Å². The molecule has 0 unspecified atom stereocenters. The molecule has 12 atom stereocenters. The Bertz CT molecular complexity index is 1460. The smallest absolute Gasteiger partial charge is 0.336 e. The van der Waals surface area contributed by atoms with E-state index in [2.05, 4.69) is 32.2 Å². The molecule has 0 bridgehead atoms. The third-order valence-corrected chi connectivity index (χ3v) is 11.9. The van der Waals surface area contributed by atoms with Gasteiger partial charge in [0, 0.05) is 47.7 Å². The lowest BCUT2D eigenvalue weighted by molar-refractivity contribution is -0.149. The van der Waals surface area contributed by atoms with Crippen LogP contribution >= 0.6 is 0 Å². The Morgan fingerprint density at radius 2 is 1.39 bits per heavy atom. The predicted octanol–water partition coefficient (Wildman–Crippen LogP) is 1.86. The number of carbonyl (C=O) groups is 3. The molecule has 8 aliphatic rings. The summed E-state index contributed by atoms with van der Waals surface area (Å²) in [5.74, 6) is -1.53. The lowest BCUT2D eigenvalue weighted by Crippen LogP contribution is -2.36. The molecule has 4 saturated heterocycles. The van der Waals surface area contributed by atoms with Gasteiger partial charge in [-0.05, 0) is 32.8 Å². The molecule has 8 rings (SSSR count). The van der Waals surface area contributed by atoms with E-state index >= 15 is 0 Å². The van der Waals surface area contributed by atoms with E-state index in [0.717, 1.165) is 18.4 Å². The molecule has 11 heteroatoms. The van der Waals surface area contributed by atoms with E-state index in [1.807, 2.05) is 6.92 Å². The van der Waals surface area contributed by atoms with Gasteiger partial charge in [-0.1, -0.05) is 36.5 Å². The van der Waals surface area contributed by atoms with Gasteiger partial charge in [0.2, 0.25) is 0 Å². The van der Waals surface area contributed by atoms with Crippen LogP contribution in [0, 0.1) is 35.5 Å². The predicted molar refractivity (Wildman–Crippen MR) is 160 cm³/mol. The fourth-order valence-corrected chi connectivity index (χ4v) is 9.33. The highest BCUT2D eigenvalue weighted by atomic mass is 16.6. The van der Waals surface area contributed by atoms with E-state index in [1.165, 1.54) is 11.6 Å². The lowest BCUT2D eigenvalue weighted by Gasteiger charge is -2.29. The van der Waals surface area contributed by atoms with Gasteiger partial charge in [-0.2, -0.15) is 0 Å². The van der Waals surface area contributed by atoms with Crippen LogP contribution in [0.15, 0.2) is 59.3 Å². The van der Waals surface area contributed by atoms with Crippen molar-refractivity contribution < 1.29 is 53.4 Å². The fourth-order valence-electron chi connectivity index (χ4n) is 9.33. The highest BCUT2D eigenvalue weighted by molar-refractivity contribution is 5.92. The first-order valence-electron chi connectivity index (χ1n) is 16.2. The molecular formula is C35H42O11. The summed E-state index contributed by atoms with van der Waals surface area (Å²) < 4.78 is 28.5. The van der Waals surface area contributed by atoms with Crippen molar-refractivity contribution in [1.29, 1.82) is 0 Å². The maximum Gasteiger partial charge on any atom is 0.336 e. The van der Waals surface area contributed by atoms with Crippen LogP contribution in [0.4, 0.5) is 0 Å². The van der Waals surface area contributed by atoms with Crippen molar-refractivity contribution in [2.24, 2.45) is 35.5 Å². The number of aliphatic hydroxyl groups is 3. The molecule has 3 N–H and O–H groups in total. The number of esters is 3. The van der Waals surface area contributed by atoms with Gasteiger partial charge in [0.15, 0.2) is 0 Å². The second-order valence-electron chi connectivity index (χ2n) is 14.2. The molecular weight excluding hydrogens is 596 g/mol. The Hall–Kier alpha value is -3.09. The second kappa shape index (κ2) is 11.3. The van der Waals surface area contributed by atoms with Crippen molar-refractivity contribution in [2.75, 3.05) is 26.4 Å². The van der Waals surface area contributed by atoms with E-state index in [-0.39, 0.29) is 59.1 Å². The van der Waals surface area contributed by atoms with Crippen molar-refractivity contribution >= 4 is 17.9 Å². The molecule has 0 radical (unpaired) electrons. The number of allylic oxidation sites excluding steroid dienone is 2. The SMILES string of the molecule is C=C1C(=O)O[C@@H]2[C@H]3C(C)=CC[C@H]3[C@]3(CO3)C[C@@H](O)[C@@H]12.C=C1C(=O)O[C@@H]2[C@H]3C(C)=CC[C@H]3[C@]3(CO3)C[C@@H](OC(=O)/C(=C/CO)CO)[C@@H]12. The minimum absolute atomic E-state index is 0.0174. The van der Waals surface area contributed by atoms with Crippen molar-refractivity contribution in [1.82, 2.24) is 0 Å². The zero-order valence-electron chi connectivity index (χ0n) is 26.2. The number of rotatable bonds is 4. The third kappa shape index (κ3) is 4.85. The Morgan fingerprint density at radius 1 is 0.891 bits per heavy atom. The summed E-state index contributed by atoms with van der Waals surface area (Å²) in [6.07, 6.45) is 6.52. The molecule has 4 heterocycles. The van der Waals surface area contributed by atoms with Crippen molar-refractivity contribution in [3.63, 3.8) is 0 Å². The van der Waals surface area contributed by atoms with E-state index in [4.69, 9.17) is 28.8 Å². The number of carbonyl (C=O) groups excluding carboxylic acids is 3. The van der Waals surface area contributed by atoms with E-state index in [9.17, 15) is 24.6 Å². The first-order chi connectivity index (χ1) is 21.9. The molecule has 46 heavy (non-hydrogen) atoms. The molecule has 4 aliphatic heterocycles. The lowest BCUT2D eigenvalue weighted by atomic mass is 9.78. The molecule has 4 aliphatic carbocycles. The van der Waals surface area contributed by atoms with Crippen LogP contribution in [-0.4, -0.2) is 95.3 Å². The molecule has 0 aromatic heterocycles. The quantitative estimate of drug-likeness (QED) is 0.135. The van der Waals surface area contributed by atoms with Crippen LogP contribution in [0.3, 0.4) is 0 Å². The summed E-state index contributed by atoms with van der Waals surface area (Å²) >= 11 is 0. The molecule has 2 saturated carbocycles. The molecule has 0 aromatic carbocycles. The van der Waals surface area contributed by atoms with Gasteiger partial charge in [0.25, 0.3) is 0 Å². The van der Waals surface area contributed by atoms with Crippen LogP contribution in [0.25, 0.3) is 0 Å². The Labute approximate surface area is 267 Å². The highest BCUT2D eigenvalue weighted by Gasteiger charge is 2.66. The van der Waals surface area contributed by atoms with Crippen LogP contribution in [0.5, 0.6) is 0 Å². The topological polar surface area (TPSA) is 165 Å². The number of hydrogen-bond acceptors (Lipinski definition) is 11. The zero-order chi connectivity index (χ0) is 32.7. The monoisotopic (exact) mass is 638 g/mol. The van der Waals surface area contributed by atoms with E-state index in [0.29, 0.717) is 43.1 Å². The summed E-state index contributed by atoms with van der Waals surface area (Å²) in [5, 5.41) is 28.9. The Balaban J connectivity index is 0.000000156. The standard InChI is InChI=1S/C20H24O7.C15H18O4/c1-10-3-4-13-15(10)17-16(11(2)18(23)27-17)14(7-20(13)9-25-20)26-19(24)12(8-22)5-6-21;1-7-3-4-9-11(7)13-12(8(2)14(17)19-13)10(16)5-15(9)6-18-15/h3,5,13-17,21-22H,2,4,6-9H2,1H3;3,9-13,16H,2,4-6H2,1H3/b12-5+;/t13-,14-,15+,16-,17-,20-;9-,10-,11+,12-,13-,15-/m11/s1. The fraction of sp³-hybridized carbons (Fsp3) is 0.629. The van der Waals surface area contributed by atoms with Crippen molar-refractivity contribution in [3.8, 4) is 0 Å². The summed E-state index contributed by atoms with van der Waals surface area (Å²) in [4.78, 5) is 36.5. The van der Waals surface area contributed by atoms with Crippen molar-refractivity contribution in [2.45, 2.75) is 75.1 Å². The maximum atomic E-state index is 12.5. The normalized spacial score (nSPS) is 44.8. The van der Waals surface area contributed by atoms with E-state index in [1.54, 1.807) is 0 Å². The summed E-state index contributed by atoms with van der Waals surface area (Å²) in [5.41, 5.74) is 2.55. The second-order valence-corrected chi connectivity index (χ2v) is 14.2. The van der Waals surface area contributed by atoms with Crippen LogP contribution < -0.4 is 0 Å². The van der Waals surface area contributed by atoms with Gasteiger partial charge in [-0.3, -0.25) is 0 Å². The number of epoxide rings is 2. The largest absolute Gasteiger partial charge is 0.458 e. The number of hydrogen-bond donors (Lipinski definition) is 3. The van der Waals surface area contributed by atoms with Crippen molar-refractivity contribution in [3.05, 3.63) is 59.3 Å². The molecule has 0 amide bonds. The first kappa shape index (κ1) is 31.5. The first-order valence-corrected chi connectivity index (χ1v) is 16.2. The Kier molecular flexibility index (Phi) is 7.72. The van der Waals surface area contributed by atoms with Crippen LogP contribution in [0.1, 0.15) is 39.5 Å². The average molecular weight is 639 g/mol. The molecule has 0 aromatic rings. The molecule has 248 valence electrons. The zero-order valence-corrected chi connectivity index (χ0v) is 26.2. The third-order valence-electron chi connectivity index (χ3n) is 11.9. The van der Waals surface area contributed by atoms with Crippen LogP contribution in [0.2, 0.25) is 0 Å². The molecule has 11 nitrogen and oxygen atoms in total. The van der Waals surface area contributed by atoms with Gasteiger partial charge in [0.05, 0.1) is 61.1 Å². The average Bonchev–Trinajstić information content (AvgIpc) is 3.84. The Morgan fingerprint density at radius 3 is 1.89 bits per heavy atom. The highest BCUT2D eigenvalue weighted by Crippen LogP contribution is 2.59. The number of fused-ring (bicyclic) bond motifs is 8. The number of ether oxygens (including phenoxy) is 5. The van der Waals surface area contributed by atoms with Gasteiger partial charge >= 0.3 is 17.9 Å². The minimum atomic E-state index is -0.711. The van der Waals surface area contributed by atoms with E-state index < -0.39 is 42.8 Å². The van der Waals surface area contributed by atoms with Gasteiger partial charge in [0.1, 0.15) is 18.3 Å². The summed E-state index contributed by atoms with van der Waals surface area (Å²) in [6.45, 7) is 12.2. The minimum Gasteiger partial charge on any atom is -0.458 e. The summed E-state index contributed by atoms with van der Waals surface area (Å²) in [6, 6.07) is 0. The summed E-state index contributed by atoms with van der Waals surface area (Å²) in [7, 11) is 0. The number of aliphatic hydroxyl groups excluding tert-OH is 3. The van der Waals surface area contributed by atoms with Crippen LogP contribution in [-0.2, 0) is 38.1 Å². The maximum absolute atomic E-state index is 12.5. The van der Waals surface area contributed by atoms with Gasteiger partial charge < -0.3 is 39.0 Å². The molecule has 2 spiro atoms.